The van der Waals surface area contributed by atoms with E-state index in [1.807, 2.05) is 19.1 Å². The van der Waals surface area contributed by atoms with Crippen molar-refractivity contribution in [2.75, 3.05) is 0 Å². The molecule has 1 atom stereocenters. The summed E-state index contributed by atoms with van der Waals surface area (Å²) in [5.41, 5.74) is 1.82. The smallest absolute Gasteiger partial charge is 0.328 e. The molecule has 0 radical (unpaired) electrons. The van der Waals surface area contributed by atoms with Crippen molar-refractivity contribution in [3.8, 4) is 0 Å². The zero-order valence-electron chi connectivity index (χ0n) is 11.3. The molecule has 0 spiro atoms. The predicted molar refractivity (Wildman–Crippen MR) is 75.5 cm³/mol. The number of hydrogen-bond acceptors (Lipinski definition) is 4. The number of benzene rings is 1. The maximum Gasteiger partial charge on any atom is 0.328 e. The summed E-state index contributed by atoms with van der Waals surface area (Å²) in [6.45, 7) is 1.83. The van der Waals surface area contributed by atoms with Gasteiger partial charge in [-0.1, -0.05) is 23.4 Å². The quantitative estimate of drug-likeness (QED) is 0.822. The summed E-state index contributed by atoms with van der Waals surface area (Å²) in [5.74, 6) is -1.34. The number of hydrogen-bond donors (Lipinski definition) is 2. The van der Waals surface area contributed by atoms with Crippen molar-refractivity contribution >= 4 is 18.0 Å². The highest BCUT2D eigenvalue weighted by atomic mass is 16.5. The van der Waals surface area contributed by atoms with E-state index in [1.54, 1.807) is 12.1 Å². The summed E-state index contributed by atoms with van der Waals surface area (Å²) in [6, 6.07) is 8.49. The lowest BCUT2D eigenvalue weighted by atomic mass is 10.0. The van der Waals surface area contributed by atoms with Crippen molar-refractivity contribution < 1.29 is 19.2 Å². The first-order valence-electron chi connectivity index (χ1n) is 6.28. The van der Waals surface area contributed by atoms with Gasteiger partial charge in [0.25, 0.3) is 5.91 Å². The van der Waals surface area contributed by atoms with E-state index in [-0.39, 0.29) is 17.6 Å². The average Bonchev–Trinajstić information content (AvgIpc) is 2.99. The molecule has 1 unspecified atom stereocenters. The monoisotopic (exact) mass is 286 g/mol. The third-order valence-corrected chi connectivity index (χ3v) is 2.85. The molecule has 0 bridgehead atoms. The molecule has 0 aliphatic rings. The summed E-state index contributed by atoms with van der Waals surface area (Å²) in [6.07, 6.45) is 3.90. The first-order valence-corrected chi connectivity index (χ1v) is 6.28. The van der Waals surface area contributed by atoms with Crippen molar-refractivity contribution in [2.45, 2.75) is 13.0 Å². The van der Waals surface area contributed by atoms with E-state index in [0.717, 1.165) is 17.2 Å². The summed E-state index contributed by atoms with van der Waals surface area (Å²) >= 11 is 0. The van der Waals surface area contributed by atoms with Crippen LogP contribution in [0.1, 0.15) is 34.6 Å². The Morgan fingerprint density at radius 3 is 2.86 bits per heavy atom. The Bertz CT molecular complexity index is 662. The fourth-order valence-electron chi connectivity index (χ4n) is 1.78. The molecular formula is C15H14N2O4. The van der Waals surface area contributed by atoms with Gasteiger partial charge in [0.15, 0.2) is 5.69 Å². The van der Waals surface area contributed by atoms with Crippen LogP contribution in [0.3, 0.4) is 0 Å². The first-order chi connectivity index (χ1) is 10.1. The maximum absolute atomic E-state index is 11.9. The average molecular weight is 286 g/mol. The van der Waals surface area contributed by atoms with Crippen molar-refractivity contribution in [3.05, 3.63) is 59.5 Å². The third-order valence-electron chi connectivity index (χ3n) is 2.85. The molecule has 1 heterocycles. The Balaban J connectivity index is 2.08. The van der Waals surface area contributed by atoms with Gasteiger partial charge in [-0.05, 0) is 30.2 Å². The zero-order chi connectivity index (χ0) is 15.2. The second-order valence-electron chi connectivity index (χ2n) is 4.42. The molecule has 0 aliphatic carbocycles. The summed E-state index contributed by atoms with van der Waals surface area (Å²) in [7, 11) is 0. The van der Waals surface area contributed by atoms with Gasteiger partial charge in [-0.25, -0.2) is 4.79 Å². The molecule has 2 rings (SSSR count). The standard InChI is InChI=1S/C15H14N2O4/c1-10(16-15(20)13-7-8-21-17-13)12-4-2-3-11(9-12)5-6-14(18)19/h2-10H,1H3,(H,16,20)(H,18,19). The van der Waals surface area contributed by atoms with Crippen LogP contribution in [0.4, 0.5) is 0 Å². The van der Waals surface area contributed by atoms with Crippen LogP contribution in [-0.4, -0.2) is 22.1 Å². The molecule has 6 nitrogen and oxygen atoms in total. The highest BCUT2D eigenvalue weighted by Crippen LogP contribution is 2.15. The van der Waals surface area contributed by atoms with E-state index < -0.39 is 5.97 Å². The highest BCUT2D eigenvalue weighted by Gasteiger charge is 2.13. The Kier molecular flexibility index (Phi) is 4.50. The van der Waals surface area contributed by atoms with Crippen LogP contribution in [0.2, 0.25) is 0 Å². The number of carboxylic acids is 1. The number of carbonyl (C=O) groups is 2. The molecular weight excluding hydrogens is 272 g/mol. The fraction of sp³-hybridized carbons (Fsp3) is 0.133. The molecule has 0 aliphatic heterocycles. The highest BCUT2D eigenvalue weighted by molar-refractivity contribution is 5.92. The lowest BCUT2D eigenvalue weighted by Crippen LogP contribution is -2.26. The molecule has 21 heavy (non-hydrogen) atoms. The lowest BCUT2D eigenvalue weighted by molar-refractivity contribution is -0.131. The van der Waals surface area contributed by atoms with Gasteiger partial charge in [-0.2, -0.15) is 0 Å². The Morgan fingerprint density at radius 2 is 2.19 bits per heavy atom. The van der Waals surface area contributed by atoms with Gasteiger partial charge >= 0.3 is 5.97 Å². The van der Waals surface area contributed by atoms with Crippen molar-refractivity contribution in [1.29, 1.82) is 0 Å². The molecule has 0 fully saturated rings. The van der Waals surface area contributed by atoms with Gasteiger partial charge in [-0.3, -0.25) is 4.79 Å². The molecule has 1 amide bonds. The van der Waals surface area contributed by atoms with Crippen LogP contribution in [0.15, 0.2) is 47.2 Å². The minimum absolute atomic E-state index is 0.212. The summed E-state index contributed by atoms with van der Waals surface area (Å²) < 4.78 is 4.62. The van der Waals surface area contributed by atoms with Crippen molar-refractivity contribution in [1.82, 2.24) is 10.5 Å². The number of nitrogens with one attached hydrogen (secondary N) is 1. The minimum Gasteiger partial charge on any atom is -0.478 e. The van der Waals surface area contributed by atoms with Crippen LogP contribution in [0.25, 0.3) is 6.08 Å². The van der Waals surface area contributed by atoms with Gasteiger partial charge in [0.1, 0.15) is 6.26 Å². The molecule has 0 saturated carbocycles. The van der Waals surface area contributed by atoms with Crippen molar-refractivity contribution in [3.63, 3.8) is 0 Å². The number of amides is 1. The van der Waals surface area contributed by atoms with E-state index in [9.17, 15) is 9.59 Å². The zero-order valence-corrected chi connectivity index (χ0v) is 11.3. The minimum atomic E-state index is -1.01. The maximum atomic E-state index is 11.9. The topological polar surface area (TPSA) is 92.4 Å². The van der Waals surface area contributed by atoms with Gasteiger partial charge in [-0.15, -0.1) is 0 Å². The van der Waals surface area contributed by atoms with E-state index >= 15 is 0 Å². The predicted octanol–water partition coefficient (Wildman–Crippen LogP) is 2.26. The van der Waals surface area contributed by atoms with Gasteiger partial charge in [0.2, 0.25) is 0 Å². The van der Waals surface area contributed by atoms with E-state index in [4.69, 9.17) is 5.11 Å². The second kappa shape index (κ2) is 6.51. The van der Waals surface area contributed by atoms with Crippen LogP contribution >= 0.6 is 0 Å². The molecule has 1 aromatic carbocycles. The molecule has 108 valence electrons. The first kappa shape index (κ1) is 14.5. The summed E-state index contributed by atoms with van der Waals surface area (Å²) in [5, 5.41) is 15.0. The Hall–Kier alpha value is -2.89. The summed E-state index contributed by atoms with van der Waals surface area (Å²) in [4.78, 5) is 22.4. The SMILES string of the molecule is CC(NC(=O)c1ccon1)c1cccc(C=CC(=O)O)c1. The number of aromatic nitrogens is 1. The molecule has 2 N–H and O–H groups in total. The third kappa shape index (κ3) is 4.04. The van der Waals surface area contributed by atoms with Gasteiger partial charge in [0, 0.05) is 12.1 Å². The van der Waals surface area contributed by atoms with Crippen LogP contribution in [0.5, 0.6) is 0 Å². The second-order valence-corrected chi connectivity index (χ2v) is 4.42. The van der Waals surface area contributed by atoms with Gasteiger partial charge in [0.05, 0.1) is 6.04 Å². The van der Waals surface area contributed by atoms with E-state index in [1.165, 1.54) is 18.4 Å². The number of nitrogens with zero attached hydrogens (tertiary/aromatic N) is 1. The fourth-order valence-corrected chi connectivity index (χ4v) is 1.78. The molecule has 6 heteroatoms. The number of rotatable bonds is 5. The number of aliphatic carboxylic acids is 1. The molecule has 2 aromatic rings. The molecule has 1 aromatic heterocycles. The largest absolute Gasteiger partial charge is 0.478 e. The lowest BCUT2D eigenvalue weighted by Gasteiger charge is -2.13. The van der Waals surface area contributed by atoms with Crippen LogP contribution in [0, 0.1) is 0 Å². The molecule has 0 saturated heterocycles. The number of carbonyl (C=O) groups excluding carboxylic acids is 1. The Morgan fingerprint density at radius 1 is 1.38 bits per heavy atom. The van der Waals surface area contributed by atoms with E-state index in [2.05, 4.69) is 15.0 Å². The van der Waals surface area contributed by atoms with Gasteiger partial charge < -0.3 is 14.9 Å². The van der Waals surface area contributed by atoms with Crippen molar-refractivity contribution in [2.24, 2.45) is 0 Å². The van der Waals surface area contributed by atoms with E-state index in [0.29, 0.717) is 0 Å². The van der Waals surface area contributed by atoms with Crippen LogP contribution < -0.4 is 5.32 Å². The normalized spacial score (nSPS) is 12.2. The van der Waals surface area contributed by atoms with Crippen LogP contribution in [-0.2, 0) is 4.79 Å². The number of carboxylic acid groups (broad SMARTS) is 1. The Labute approximate surface area is 121 Å².